The fraction of sp³-hybridized carbons (Fsp3) is 0.308. The van der Waals surface area contributed by atoms with E-state index < -0.39 is 5.76 Å². The predicted octanol–water partition coefficient (Wildman–Crippen LogP) is 1.44. The van der Waals surface area contributed by atoms with Gasteiger partial charge in [-0.3, -0.25) is 9.36 Å². The van der Waals surface area contributed by atoms with Crippen molar-refractivity contribution in [1.29, 1.82) is 0 Å². The number of carbonyl (C=O) groups is 2. The van der Waals surface area contributed by atoms with E-state index >= 15 is 0 Å². The van der Waals surface area contributed by atoms with Crippen molar-refractivity contribution in [3.8, 4) is 0 Å². The summed E-state index contributed by atoms with van der Waals surface area (Å²) in [6.45, 7) is 1.44. The van der Waals surface area contributed by atoms with Gasteiger partial charge in [-0.25, -0.2) is 4.79 Å². The van der Waals surface area contributed by atoms with E-state index in [1.165, 1.54) is 11.5 Å². The predicted molar refractivity (Wildman–Crippen MR) is 70.0 cm³/mol. The van der Waals surface area contributed by atoms with Crippen molar-refractivity contribution in [2.75, 3.05) is 5.32 Å². The first-order chi connectivity index (χ1) is 8.97. The van der Waals surface area contributed by atoms with Gasteiger partial charge in [0.25, 0.3) is 0 Å². The van der Waals surface area contributed by atoms with Crippen molar-refractivity contribution >= 4 is 28.5 Å². The molecule has 0 fully saturated rings. The van der Waals surface area contributed by atoms with Gasteiger partial charge in [-0.1, -0.05) is 0 Å². The Kier molecular flexibility index (Phi) is 3.50. The van der Waals surface area contributed by atoms with E-state index in [2.05, 4.69) is 5.32 Å². The van der Waals surface area contributed by atoms with Gasteiger partial charge in [-0.15, -0.1) is 0 Å². The summed E-state index contributed by atoms with van der Waals surface area (Å²) < 4.78 is 6.41. The lowest BCUT2D eigenvalue weighted by Gasteiger charge is -2.04. The summed E-state index contributed by atoms with van der Waals surface area (Å²) in [6, 6.07) is 4.96. The maximum Gasteiger partial charge on any atom is 0.419 e. The highest BCUT2D eigenvalue weighted by atomic mass is 16.4. The minimum atomic E-state index is -0.449. The van der Waals surface area contributed by atoms with Crippen LogP contribution in [0.4, 0.5) is 5.69 Å². The van der Waals surface area contributed by atoms with Crippen LogP contribution >= 0.6 is 0 Å². The van der Waals surface area contributed by atoms with Gasteiger partial charge >= 0.3 is 5.76 Å². The van der Waals surface area contributed by atoms with Gasteiger partial charge in [0, 0.05) is 31.6 Å². The van der Waals surface area contributed by atoms with Crippen LogP contribution in [0.25, 0.3) is 11.1 Å². The number of hydrogen-bond acceptors (Lipinski definition) is 4. The number of hydrogen-bond donors (Lipinski definition) is 1. The zero-order valence-corrected chi connectivity index (χ0v) is 10.7. The van der Waals surface area contributed by atoms with Crippen LogP contribution in [0, 0.1) is 0 Å². The highest BCUT2D eigenvalue weighted by Crippen LogP contribution is 2.18. The van der Waals surface area contributed by atoms with E-state index in [0.29, 0.717) is 16.8 Å². The number of fused-ring (bicyclic) bond motifs is 1. The van der Waals surface area contributed by atoms with E-state index in [4.69, 9.17) is 4.42 Å². The molecular formula is C13H14N2O4. The second kappa shape index (κ2) is 5.09. The van der Waals surface area contributed by atoms with Gasteiger partial charge in [-0.05, 0) is 19.1 Å². The van der Waals surface area contributed by atoms with Crippen LogP contribution < -0.4 is 11.1 Å². The standard InChI is InChI=1S/C13H14N2O4/c1-8(16)3-6-12(17)14-9-4-5-10-11(7-9)19-13(18)15(10)2/h4-5,7H,3,6H2,1-2H3,(H,14,17). The number of amides is 1. The zero-order valence-electron chi connectivity index (χ0n) is 10.7. The lowest BCUT2D eigenvalue weighted by molar-refractivity contribution is -0.121. The molecule has 0 spiro atoms. The smallest absolute Gasteiger partial charge is 0.408 e. The largest absolute Gasteiger partial charge is 0.419 e. The molecule has 1 aromatic heterocycles. The van der Waals surface area contributed by atoms with E-state index in [-0.39, 0.29) is 24.5 Å². The molecule has 19 heavy (non-hydrogen) atoms. The van der Waals surface area contributed by atoms with Crippen LogP contribution in [0.5, 0.6) is 0 Å². The number of aryl methyl sites for hydroxylation is 1. The molecule has 100 valence electrons. The molecule has 0 bridgehead atoms. The third kappa shape index (κ3) is 2.90. The molecule has 0 atom stereocenters. The Morgan fingerprint density at radius 2 is 2.05 bits per heavy atom. The topological polar surface area (TPSA) is 81.3 Å². The first-order valence-electron chi connectivity index (χ1n) is 5.86. The maximum absolute atomic E-state index is 11.6. The van der Waals surface area contributed by atoms with E-state index in [1.807, 2.05) is 0 Å². The molecule has 0 saturated heterocycles. The summed E-state index contributed by atoms with van der Waals surface area (Å²) in [7, 11) is 1.61. The van der Waals surface area contributed by atoms with Crippen LogP contribution in [0.3, 0.4) is 0 Å². The van der Waals surface area contributed by atoms with Crippen molar-refractivity contribution in [2.24, 2.45) is 7.05 Å². The Hall–Kier alpha value is -2.37. The fourth-order valence-electron chi connectivity index (χ4n) is 1.72. The average molecular weight is 262 g/mol. The summed E-state index contributed by atoms with van der Waals surface area (Å²) in [5.74, 6) is -0.720. The van der Waals surface area contributed by atoms with Crippen LogP contribution in [-0.2, 0) is 16.6 Å². The quantitative estimate of drug-likeness (QED) is 0.903. The number of aromatic nitrogens is 1. The Morgan fingerprint density at radius 3 is 2.74 bits per heavy atom. The lowest BCUT2D eigenvalue weighted by atomic mass is 10.2. The van der Waals surface area contributed by atoms with Crippen LogP contribution in [-0.4, -0.2) is 16.3 Å². The first kappa shape index (κ1) is 13.1. The maximum atomic E-state index is 11.6. The number of anilines is 1. The minimum Gasteiger partial charge on any atom is -0.408 e. The molecule has 2 aromatic rings. The van der Waals surface area contributed by atoms with Gasteiger partial charge in [-0.2, -0.15) is 0 Å². The van der Waals surface area contributed by atoms with E-state index in [9.17, 15) is 14.4 Å². The second-order valence-corrected chi connectivity index (χ2v) is 4.36. The molecule has 6 nitrogen and oxygen atoms in total. The molecule has 1 amide bonds. The summed E-state index contributed by atoms with van der Waals surface area (Å²) in [5.41, 5.74) is 1.61. The summed E-state index contributed by atoms with van der Waals surface area (Å²) in [5, 5.41) is 2.66. The molecule has 0 aliphatic heterocycles. The van der Waals surface area contributed by atoms with Gasteiger partial charge in [0.05, 0.1) is 5.52 Å². The van der Waals surface area contributed by atoms with Crippen molar-refractivity contribution in [1.82, 2.24) is 4.57 Å². The first-order valence-corrected chi connectivity index (χ1v) is 5.86. The third-order valence-electron chi connectivity index (χ3n) is 2.78. The number of benzene rings is 1. The molecule has 1 N–H and O–H groups in total. The summed E-state index contributed by atoms with van der Waals surface area (Å²) in [4.78, 5) is 33.7. The molecule has 1 aromatic carbocycles. The highest BCUT2D eigenvalue weighted by Gasteiger charge is 2.08. The molecule has 1 heterocycles. The minimum absolute atomic E-state index is 0.0281. The monoisotopic (exact) mass is 262 g/mol. The van der Waals surface area contributed by atoms with Crippen LogP contribution in [0.1, 0.15) is 19.8 Å². The fourth-order valence-corrected chi connectivity index (χ4v) is 1.72. The van der Waals surface area contributed by atoms with Crippen molar-refractivity contribution in [3.63, 3.8) is 0 Å². The SMILES string of the molecule is CC(=O)CCC(=O)Nc1ccc2c(c1)oc(=O)n2C. The van der Waals surface area contributed by atoms with E-state index in [0.717, 1.165) is 0 Å². The zero-order chi connectivity index (χ0) is 14.0. The lowest BCUT2D eigenvalue weighted by Crippen LogP contribution is -2.12. The van der Waals surface area contributed by atoms with E-state index in [1.54, 1.807) is 25.2 Å². The molecule has 0 aliphatic rings. The Morgan fingerprint density at radius 1 is 1.32 bits per heavy atom. The van der Waals surface area contributed by atoms with Gasteiger partial charge in [0.2, 0.25) is 5.91 Å². The van der Waals surface area contributed by atoms with Crippen LogP contribution in [0.2, 0.25) is 0 Å². The molecule has 2 rings (SSSR count). The number of nitrogens with one attached hydrogen (secondary N) is 1. The number of ketones is 1. The van der Waals surface area contributed by atoms with Crippen molar-refractivity contribution < 1.29 is 14.0 Å². The number of carbonyl (C=O) groups excluding carboxylic acids is 2. The molecule has 0 unspecified atom stereocenters. The Labute approximate surface area is 109 Å². The Bertz CT molecular complexity index is 696. The Balaban J connectivity index is 2.15. The number of nitrogens with zero attached hydrogens (tertiary/aromatic N) is 1. The highest BCUT2D eigenvalue weighted by molar-refractivity contribution is 5.94. The van der Waals surface area contributed by atoms with Crippen molar-refractivity contribution in [3.05, 3.63) is 28.7 Å². The van der Waals surface area contributed by atoms with Crippen LogP contribution in [0.15, 0.2) is 27.4 Å². The molecular weight excluding hydrogens is 248 g/mol. The van der Waals surface area contributed by atoms with Gasteiger partial charge in [0.1, 0.15) is 5.78 Å². The summed E-state index contributed by atoms with van der Waals surface area (Å²) in [6.07, 6.45) is 0.362. The number of Topliss-reactive ketones (excluding diaryl/α,β-unsaturated/α-hetero) is 1. The van der Waals surface area contributed by atoms with Crippen molar-refractivity contribution in [2.45, 2.75) is 19.8 Å². The molecule has 0 aliphatic carbocycles. The summed E-state index contributed by atoms with van der Waals surface area (Å²) >= 11 is 0. The normalized spacial score (nSPS) is 10.6. The number of rotatable bonds is 4. The number of oxazole rings is 1. The molecule has 6 heteroatoms. The van der Waals surface area contributed by atoms with Gasteiger partial charge in [0.15, 0.2) is 5.58 Å². The van der Waals surface area contributed by atoms with Gasteiger partial charge < -0.3 is 14.5 Å². The molecule has 0 saturated carbocycles. The third-order valence-corrected chi connectivity index (χ3v) is 2.78. The second-order valence-electron chi connectivity index (χ2n) is 4.36. The average Bonchev–Trinajstić information content (AvgIpc) is 2.62. The molecule has 0 radical (unpaired) electrons.